The van der Waals surface area contributed by atoms with E-state index in [4.69, 9.17) is 4.74 Å². The standard InChI is InChI=1S/C18H22N4O3/c1-12-4-5-14-13(11-12)16(20-19-14)18(24)22-8-6-21(7-9-22)17(23)15-3-2-10-25-15/h4-5,11,15H,2-3,6-10H2,1H3,(H,19,20). The lowest BCUT2D eigenvalue weighted by molar-refractivity contribution is -0.142. The van der Waals surface area contributed by atoms with Gasteiger partial charge in [0.15, 0.2) is 5.69 Å². The number of nitrogens with zero attached hydrogens (tertiary/aromatic N) is 3. The van der Waals surface area contributed by atoms with E-state index in [0.717, 1.165) is 29.3 Å². The summed E-state index contributed by atoms with van der Waals surface area (Å²) in [5.41, 5.74) is 2.41. The van der Waals surface area contributed by atoms with E-state index >= 15 is 0 Å². The zero-order valence-electron chi connectivity index (χ0n) is 14.3. The van der Waals surface area contributed by atoms with Gasteiger partial charge in [-0.15, -0.1) is 0 Å². The zero-order chi connectivity index (χ0) is 17.4. The van der Waals surface area contributed by atoms with Crippen LogP contribution in [0.2, 0.25) is 0 Å². The smallest absolute Gasteiger partial charge is 0.275 e. The van der Waals surface area contributed by atoms with E-state index in [1.54, 1.807) is 4.90 Å². The third-order valence-corrected chi connectivity index (χ3v) is 5.00. The molecule has 0 saturated carbocycles. The van der Waals surface area contributed by atoms with Gasteiger partial charge in [-0.25, -0.2) is 0 Å². The van der Waals surface area contributed by atoms with E-state index in [-0.39, 0.29) is 17.9 Å². The minimum Gasteiger partial charge on any atom is -0.368 e. The van der Waals surface area contributed by atoms with Gasteiger partial charge in [0.25, 0.3) is 11.8 Å². The first-order valence-electron chi connectivity index (χ1n) is 8.78. The number of piperazine rings is 1. The van der Waals surface area contributed by atoms with Gasteiger partial charge in [0.05, 0.1) is 5.52 Å². The van der Waals surface area contributed by atoms with E-state index < -0.39 is 0 Å². The molecule has 1 atom stereocenters. The summed E-state index contributed by atoms with van der Waals surface area (Å²) in [6, 6.07) is 5.90. The van der Waals surface area contributed by atoms with Crippen molar-refractivity contribution in [2.24, 2.45) is 0 Å². The molecule has 0 bridgehead atoms. The molecule has 2 saturated heterocycles. The second-order valence-corrected chi connectivity index (χ2v) is 6.74. The minimum atomic E-state index is -0.291. The third-order valence-electron chi connectivity index (χ3n) is 5.00. The first-order valence-corrected chi connectivity index (χ1v) is 8.78. The quantitative estimate of drug-likeness (QED) is 0.893. The number of fused-ring (bicyclic) bond motifs is 1. The fraction of sp³-hybridized carbons (Fsp3) is 0.500. The number of ether oxygens (including phenoxy) is 1. The molecule has 7 nitrogen and oxygen atoms in total. The molecule has 2 fully saturated rings. The SMILES string of the molecule is Cc1ccc2[nH]nc(C(=O)N3CCN(C(=O)C4CCCO4)CC3)c2c1. The largest absolute Gasteiger partial charge is 0.368 e. The van der Waals surface area contributed by atoms with Crippen LogP contribution < -0.4 is 0 Å². The van der Waals surface area contributed by atoms with Crippen molar-refractivity contribution < 1.29 is 14.3 Å². The molecule has 2 aromatic rings. The molecule has 0 radical (unpaired) electrons. The molecule has 2 aliphatic heterocycles. The van der Waals surface area contributed by atoms with Gasteiger partial charge in [-0.2, -0.15) is 5.10 Å². The number of aryl methyl sites for hydroxylation is 1. The molecule has 0 aliphatic carbocycles. The average Bonchev–Trinajstić information content (AvgIpc) is 3.30. The van der Waals surface area contributed by atoms with Crippen molar-refractivity contribution in [3.8, 4) is 0 Å². The van der Waals surface area contributed by atoms with E-state index in [2.05, 4.69) is 10.2 Å². The molecule has 3 heterocycles. The maximum Gasteiger partial charge on any atom is 0.275 e. The topological polar surface area (TPSA) is 78.5 Å². The second-order valence-electron chi connectivity index (χ2n) is 6.74. The Hall–Kier alpha value is -2.41. The van der Waals surface area contributed by atoms with Crippen LogP contribution in [0.4, 0.5) is 0 Å². The van der Waals surface area contributed by atoms with Crippen molar-refractivity contribution in [3.63, 3.8) is 0 Å². The summed E-state index contributed by atoms with van der Waals surface area (Å²) >= 11 is 0. The summed E-state index contributed by atoms with van der Waals surface area (Å²) in [7, 11) is 0. The van der Waals surface area contributed by atoms with Crippen LogP contribution in [0.3, 0.4) is 0 Å². The highest BCUT2D eigenvalue weighted by Gasteiger charge is 2.32. The molecule has 1 N–H and O–H groups in total. The van der Waals surface area contributed by atoms with Crippen molar-refractivity contribution in [3.05, 3.63) is 29.5 Å². The monoisotopic (exact) mass is 342 g/mol. The first kappa shape index (κ1) is 16.1. The van der Waals surface area contributed by atoms with Gasteiger partial charge in [0.2, 0.25) is 0 Å². The number of H-pyrrole nitrogens is 1. The molecule has 0 spiro atoms. The maximum absolute atomic E-state index is 12.8. The summed E-state index contributed by atoms with van der Waals surface area (Å²) in [5.74, 6) is -0.0218. The minimum absolute atomic E-state index is 0.0606. The van der Waals surface area contributed by atoms with Crippen LogP contribution in [0.1, 0.15) is 28.9 Å². The fourth-order valence-corrected chi connectivity index (χ4v) is 3.55. The van der Waals surface area contributed by atoms with Crippen LogP contribution in [-0.2, 0) is 9.53 Å². The Morgan fingerprint density at radius 2 is 1.96 bits per heavy atom. The van der Waals surface area contributed by atoms with Gasteiger partial charge in [-0.1, -0.05) is 11.6 Å². The fourth-order valence-electron chi connectivity index (χ4n) is 3.55. The van der Waals surface area contributed by atoms with Crippen LogP contribution in [0, 0.1) is 6.92 Å². The van der Waals surface area contributed by atoms with E-state index in [9.17, 15) is 9.59 Å². The first-order chi connectivity index (χ1) is 12.1. The van der Waals surface area contributed by atoms with Crippen LogP contribution in [0.25, 0.3) is 10.9 Å². The molecule has 1 unspecified atom stereocenters. The van der Waals surface area contributed by atoms with Gasteiger partial charge in [0.1, 0.15) is 6.10 Å². The number of carbonyl (C=O) groups excluding carboxylic acids is 2. The number of amides is 2. The Morgan fingerprint density at radius 1 is 1.20 bits per heavy atom. The van der Waals surface area contributed by atoms with Crippen molar-refractivity contribution in [1.82, 2.24) is 20.0 Å². The number of hydrogen-bond donors (Lipinski definition) is 1. The number of hydrogen-bond acceptors (Lipinski definition) is 4. The number of aromatic nitrogens is 2. The van der Waals surface area contributed by atoms with Crippen LogP contribution in [0.15, 0.2) is 18.2 Å². The van der Waals surface area contributed by atoms with Crippen LogP contribution in [-0.4, -0.2) is 70.7 Å². The lowest BCUT2D eigenvalue weighted by Gasteiger charge is -2.35. The summed E-state index contributed by atoms with van der Waals surface area (Å²) < 4.78 is 5.47. The van der Waals surface area contributed by atoms with Gasteiger partial charge in [0, 0.05) is 38.2 Å². The molecule has 4 rings (SSSR count). The summed E-state index contributed by atoms with van der Waals surface area (Å²) in [6.45, 7) is 4.81. The number of carbonyl (C=O) groups is 2. The number of aromatic amines is 1. The van der Waals surface area contributed by atoms with Gasteiger partial charge in [-0.3, -0.25) is 14.7 Å². The van der Waals surface area contributed by atoms with Crippen molar-refractivity contribution in [1.29, 1.82) is 0 Å². The van der Waals surface area contributed by atoms with Gasteiger partial charge < -0.3 is 14.5 Å². The molecule has 2 aliphatic rings. The second kappa shape index (κ2) is 6.48. The Labute approximate surface area is 145 Å². The van der Waals surface area contributed by atoms with E-state index in [1.165, 1.54) is 0 Å². The van der Waals surface area contributed by atoms with Crippen molar-refractivity contribution >= 4 is 22.7 Å². The van der Waals surface area contributed by atoms with Gasteiger partial charge >= 0.3 is 0 Å². The van der Waals surface area contributed by atoms with Crippen molar-refractivity contribution in [2.75, 3.05) is 32.8 Å². The molecule has 1 aromatic carbocycles. The molecule has 2 amide bonds. The van der Waals surface area contributed by atoms with Crippen molar-refractivity contribution in [2.45, 2.75) is 25.9 Å². The lowest BCUT2D eigenvalue weighted by Crippen LogP contribution is -2.52. The average molecular weight is 342 g/mol. The Balaban J connectivity index is 1.44. The highest BCUT2D eigenvalue weighted by molar-refractivity contribution is 6.04. The molecule has 25 heavy (non-hydrogen) atoms. The number of rotatable bonds is 2. The maximum atomic E-state index is 12.8. The summed E-state index contributed by atoms with van der Waals surface area (Å²) in [4.78, 5) is 28.8. The predicted molar refractivity (Wildman–Crippen MR) is 92.3 cm³/mol. The normalized spacial score (nSPS) is 21.1. The van der Waals surface area contributed by atoms with Crippen LogP contribution >= 0.6 is 0 Å². The molecule has 1 aromatic heterocycles. The Kier molecular flexibility index (Phi) is 4.17. The molecular weight excluding hydrogens is 320 g/mol. The Morgan fingerprint density at radius 3 is 2.68 bits per heavy atom. The molecular formula is C18H22N4O3. The molecule has 132 valence electrons. The summed E-state index contributed by atoms with van der Waals surface area (Å²) in [5, 5.41) is 7.98. The Bertz CT molecular complexity index is 802. The van der Waals surface area contributed by atoms with Gasteiger partial charge in [-0.05, 0) is 31.9 Å². The summed E-state index contributed by atoms with van der Waals surface area (Å²) in [6.07, 6.45) is 1.46. The highest BCUT2D eigenvalue weighted by Crippen LogP contribution is 2.20. The van der Waals surface area contributed by atoms with E-state index in [1.807, 2.05) is 30.0 Å². The molecule has 7 heteroatoms. The predicted octanol–water partition coefficient (Wildman–Crippen LogP) is 1.33. The lowest BCUT2D eigenvalue weighted by atomic mass is 10.1. The highest BCUT2D eigenvalue weighted by atomic mass is 16.5. The third kappa shape index (κ3) is 3.00. The van der Waals surface area contributed by atoms with Crippen LogP contribution in [0.5, 0.6) is 0 Å². The number of benzene rings is 1. The number of nitrogens with one attached hydrogen (secondary N) is 1. The zero-order valence-corrected chi connectivity index (χ0v) is 14.3. The van der Waals surface area contributed by atoms with E-state index in [0.29, 0.717) is 38.5 Å².